The fraction of sp³-hybridized carbons (Fsp3) is 0.320. The van der Waals surface area contributed by atoms with Crippen molar-refractivity contribution in [2.24, 2.45) is 0 Å². The Hall–Kier alpha value is -3.81. The molecule has 172 valence electrons. The van der Waals surface area contributed by atoms with E-state index in [4.69, 9.17) is 9.47 Å². The summed E-state index contributed by atoms with van der Waals surface area (Å²) in [6.45, 7) is 4.65. The SMILES string of the molecule is COc1nc(NCC2CN(C)c3ccccc3O2)cc(-c2cccc(C(C)(C)C(=O)O)c2)n1. The number of carboxylic acid groups (broad SMARTS) is 1. The monoisotopic (exact) mass is 448 g/mol. The third-order valence-electron chi connectivity index (χ3n) is 5.86. The highest BCUT2D eigenvalue weighted by Gasteiger charge is 2.29. The largest absolute Gasteiger partial charge is 0.485 e. The lowest BCUT2D eigenvalue weighted by atomic mass is 9.84. The average molecular weight is 449 g/mol. The summed E-state index contributed by atoms with van der Waals surface area (Å²) in [5.41, 5.74) is 2.17. The first kappa shape index (κ1) is 22.4. The Kier molecular flexibility index (Phi) is 6.09. The molecule has 1 aliphatic rings. The second kappa shape index (κ2) is 8.97. The second-order valence-electron chi connectivity index (χ2n) is 8.61. The van der Waals surface area contributed by atoms with Gasteiger partial charge in [0, 0.05) is 18.7 Å². The number of anilines is 2. The van der Waals surface area contributed by atoms with Gasteiger partial charge in [-0.1, -0.05) is 30.3 Å². The number of carbonyl (C=O) groups is 1. The second-order valence-corrected chi connectivity index (χ2v) is 8.61. The lowest BCUT2D eigenvalue weighted by molar-refractivity contribution is -0.142. The highest BCUT2D eigenvalue weighted by Crippen LogP contribution is 2.32. The number of nitrogens with zero attached hydrogens (tertiary/aromatic N) is 3. The van der Waals surface area contributed by atoms with Gasteiger partial charge in [0.15, 0.2) is 0 Å². The van der Waals surface area contributed by atoms with Crippen molar-refractivity contribution in [3.63, 3.8) is 0 Å². The predicted molar refractivity (Wildman–Crippen MR) is 127 cm³/mol. The summed E-state index contributed by atoms with van der Waals surface area (Å²) in [5.74, 6) is 0.572. The Labute approximate surface area is 193 Å². The predicted octanol–water partition coefficient (Wildman–Crippen LogP) is 3.82. The minimum Gasteiger partial charge on any atom is -0.485 e. The van der Waals surface area contributed by atoms with E-state index in [0.717, 1.165) is 23.5 Å². The van der Waals surface area contributed by atoms with Crippen LogP contribution < -0.4 is 19.7 Å². The van der Waals surface area contributed by atoms with Gasteiger partial charge in [0.05, 0.1) is 37.0 Å². The number of nitrogens with one attached hydrogen (secondary N) is 1. The number of hydrogen-bond donors (Lipinski definition) is 2. The van der Waals surface area contributed by atoms with Crippen molar-refractivity contribution in [3.05, 3.63) is 60.2 Å². The molecule has 2 aromatic carbocycles. The van der Waals surface area contributed by atoms with E-state index in [1.54, 1.807) is 13.8 Å². The molecule has 1 aromatic heterocycles. The van der Waals surface area contributed by atoms with Crippen molar-refractivity contribution < 1.29 is 19.4 Å². The number of likely N-dealkylation sites (N-methyl/N-ethyl adjacent to an activating group) is 1. The van der Waals surface area contributed by atoms with E-state index in [2.05, 4.69) is 20.2 Å². The number of fused-ring (bicyclic) bond motifs is 1. The molecule has 1 unspecified atom stereocenters. The van der Waals surface area contributed by atoms with Crippen LogP contribution in [-0.4, -0.2) is 54.4 Å². The molecule has 0 radical (unpaired) electrons. The summed E-state index contributed by atoms with van der Waals surface area (Å²) in [6.07, 6.45) is -0.0611. The fourth-order valence-electron chi connectivity index (χ4n) is 3.76. The van der Waals surface area contributed by atoms with Crippen molar-refractivity contribution in [3.8, 4) is 23.0 Å². The van der Waals surface area contributed by atoms with Crippen molar-refractivity contribution in [1.82, 2.24) is 9.97 Å². The van der Waals surface area contributed by atoms with Gasteiger partial charge in [-0.15, -0.1) is 0 Å². The molecular formula is C25H28N4O4. The molecule has 8 nitrogen and oxygen atoms in total. The van der Waals surface area contributed by atoms with E-state index in [1.807, 2.05) is 61.6 Å². The summed E-state index contributed by atoms with van der Waals surface area (Å²) >= 11 is 0. The molecule has 0 bridgehead atoms. The van der Waals surface area contributed by atoms with Crippen LogP contribution in [0.5, 0.6) is 11.8 Å². The van der Waals surface area contributed by atoms with Gasteiger partial charge in [-0.3, -0.25) is 4.79 Å². The van der Waals surface area contributed by atoms with E-state index in [1.165, 1.54) is 7.11 Å². The van der Waals surface area contributed by atoms with E-state index < -0.39 is 11.4 Å². The standard InChI is InChI=1S/C25H28N4O4/c1-25(2,23(30)31)17-9-7-8-16(12-17)19-13-22(28-24(27-19)32-4)26-14-18-15-29(3)20-10-5-6-11-21(20)33-18/h5-13,18H,14-15H2,1-4H3,(H,30,31)(H,26,27,28). The summed E-state index contributed by atoms with van der Waals surface area (Å²) in [7, 11) is 3.56. The average Bonchev–Trinajstić information content (AvgIpc) is 2.82. The molecule has 0 fully saturated rings. The van der Waals surface area contributed by atoms with Gasteiger partial charge in [0.25, 0.3) is 0 Å². The van der Waals surface area contributed by atoms with Crippen LogP contribution in [-0.2, 0) is 10.2 Å². The third kappa shape index (κ3) is 4.69. The zero-order chi connectivity index (χ0) is 23.6. The summed E-state index contributed by atoms with van der Waals surface area (Å²) in [4.78, 5) is 22.7. The molecule has 4 rings (SSSR count). The number of rotatable bonds is 7. The zero-order valence-electron chi connectivity index (χ0n) is 19.2. The van der Waals surface area contributed by atoms with Crippen LogP contribution in [0.25, 0.3) is 11.3 Å². The summed E-state index contributed by atoms with van der Waals surface area (Å²) in [6, 6.07) is 17.4. The Morgan fingerprint density at radius 3 is 2.76 bits per heavy atom. The van der Waals surface area contributed by atoms with Crippen molar-refractivity contribution >= 4 is 17.5 Å². The summed E-state index contributed by atoms with van der Waals surface area (Å²) in [5, 5.41) is 12.9. The van der Waals surface area contributed by atoms with Gasteiger partial charge in [0.2, 0.25) is 0 Å². The Bertz CT molecular complexity index is 1160. The van der Waals surface area contributed by atoms with Crippen molar-refractivity contribution in [2.75, 3.05) is 37.5 Å². The minimum absolute atomic E-state index is 0.0611. The number of ether oxygens (including phenoxy) is 2. The van der Waals surface area contributed by atoms with Gasteiger partial charge < -0.3 is 24.8 Å². The molecule has 0 spiro atoms. The molecule has 0 aliphatic carbocycles. The van der Waals surface area contributed by atoms with Crippen LogP contribution in [0.1, 0.15) is 19.4 Å². The Morgan fingerprint density at radius 2 is 2.00 bits per heavy atom. The fourth-order valence-corrected chi connectivity index (χ4v) is 3.76. The van der Waals surface area contributed by atoms with Crippen LogP contribution in [0, 0.1) is 0 Å². The quantitative estimate of drug-likeness (QED) is 0.563. The van der Waals surface area contributed by atoms with Crippen LogP contribution in [0.2, 0.25) is 0 Å². The Morgan fingerprint density at radius 1 is 1.21 bits per heavy atom. The highest BCUT2D eigenvalue weighted by atomic mass is 16.5. The van der Waals surface area contributed by atoms with Crippen LogP contribution in [0.15, 0.2) is 54.6 Å². The van der Waals surface area contributed by atoms with Crippen molar-refractivity contribution in [2.45, 2.75) is 25.4 Å². The molecule has 0 saturated heterocycles. The minimum atomic E-state index is -1.02. The number of aliphatic carboxylic acids is 1. The molecule has 2 heterocycles. The molecule has 3 aromatic rings. The number of aromatic nitrogens is 2. The summed E-state index contributed by atoms with van der Waals surface area (Å²) < 4.78 is 11.4. The topological polar surface area (TPSA) is 96.8 Å². The first-order valence-corrected chi connectivity index (χ1v) is 10.8. The van der Waals surface area contributed by atoms with Crippen LogP contribution in [0.4, 0.5) is 11.5 Å². The smallest absolute Gasteiger partial charge is 0.318 e. The molecule has 8 heteroatoms. The van der Waals surface area contributed by atoms with Crippen LogP contribution >= 0.6 is 0 Å². The van der Waals surface area contributed by atoms with E-state index in [0.29, 0.717) is 23.6 Å². The molecule has 1 atom stereocenters. The van der Waals surface area contributed by atoms with Gasteiger partial charge in [-0.2, -0.15) is 9.97 Å². The number of carboxylic acids is 1. The molecular weight excluding hydrogens is 420 g/mol. The molecule has 0 saturated carbocycles. The van der Waals surface area contributed by atoms with Gasteiger partial charge in [-0.05, 0) is 37.6 Å². The van der Waals surface area contributed by atoms with E-state index in [9.17, 15) is 9.90 Å². The lowest BCUT2D eigenvalue weighted by Crippen LogP contribution is -2.41. The maximum Gasteiger partial charge on any atom is 0.318 e. The zero-order valence-corrected chi connectivity index (χ0v) is 19.2. The number of hydrogen-bond acceptors (Lipinski definition) is 7. The molecule has 2 N–H and O–H groups in total. The molecule has 0 amide bonds. The first-order chi connectivity index (χ1) is 15.8. The maximum atomic E-state index is 11.7. The first-order valence-electron chi connectivity index (χ1n) is 10.8. The number of methoxy groups -OCH3 is 1. The van der Waals surface area contributed by atoms with E-state index in [-0.39, 0.29) is 12.1 Å². The van der Waals surface area contributed by atoms with Crippen LogP contribution in [0.3, 0.4) is 0 Å². The number of benzene rings is 2. The van der Waals surface area contributed by atoms with Gasteiger partial charge >= 0.3 is 12.0 Å². The molecule has 33 heavy (non-hydrogen) atoms. The third-order valence-corrected chi connectivity index (χ3v) is 5.86. The normalized spacial score (nSPS) is 15.4. The van der Waals surface area contributed by atoms with Crippen molar-refractivity contribution in [1.29, 1.82) is 0 Å². The van der Waals surface area contributed by atoms with E-state index >= 15 is 0 Å². The van der Waals surface area contributed by atoms with Gasteiger partial charge in [-0.25, -0.2) is 0 Å². The lowest BCUT2D eigenvalue weighted by Gasteiger charge is -2.33. The number of para-hydroxylation sites is 2. The maximum absolute atomic E-state index is 11.7. The Balaban J connectivity index is 1.55. The highest BCUT2D eigenvalue weighted by molar-refractivity contribution is 5.81. The molecule has 1 aliphatic heterocycles. The van der Waals surface area contributed by atoms with Gasteiger partial charge in [0.1, 0.15) is 17.7 Å².